The first kappa shape index (κ1) is 12.0. The Bertz CT molecular complexity index is 505. The van der Waals surface area contributed by atoms with Gasteiger partial charge in [-0.05, 0) is 11.1 Å². The molecule has 3 heteroatoms. The maximum atomic E-state index is 6.75. The van der Waals surface area contributed by atoms with Crippen molar-refractivity contribution >= 4 is 43.5 Å². The van der Waals surface area contributed by atoms with Crippen molar-refractivity contribution in [2.45, 2.75) is 8.61 Å². The average molecular weight is 375 g/mol. The largest absolute Gasteiger partial charge is 0.131 e. The Morgan fingerprint density at radius 1 is 1.12 bits per heavy atom. The summed E-state index contributed by atoms with van der Waals surface area (Å²) in [6, 6.07) is 8.36. The van der Waals surface area contributed by atoms with Gasteiger partial charge in [-0.25, -0.2) is 0 Å². The minimum atomic E-state index is -0.500. The van der Waals surface area contributed by atoms with Gasteiger partial charge in [-0.3, -0.25) is 0 Å². The van der Waals surface area contributed by atoms with E-state index in [9.17, 15) is 0 Å². The van der Waals surface area contributed by atoms with Crippen LogP contribution in [0.5, 0.6) is 0 Å². The van der Waals surface area contributed by atoms with Crippen LogP contribution in [0.3, 0.4) is 0 Å². The lowest BCUT2D eigenvalue weighted by molar-refractivity contribution is 0.405. The maximum absolute atomic E-state index is 6.75. The van der Waals surface area contributed by atoms with E-state index in [4.69, 9.17) is 11.6 Å². The third-order valence-electron chi connectivity index (χ3n) is 3.55. The zero-order valence-corrected chi connectivity index (χ0v) is 12.9. The summed E-state index contributed by atoms with van der Waals surface area (Å²) in [6.07, 6.45) is 8.60. The van der Waals surface area contributed by atoms with E-state index < -0.39 is 3.78 Å². The van der Waals surface area contributed by atoms with Gasteiger partial charge >= 0.3 is 0 Å². The summed E-state index contributed by atoms with van der Waals surface area (Å²) in [5.41, 5.74) is 2.45. The minimum absolute atomic E-state index is 0.272. The van der Waals surface area contributed by atoms with Crippen LogP contribution in [0.2, 0.25) is 0 Å². The van der Waals surface area contributed by atoms with Gasteiger partial charge in [-0.1, -0.05) is 80.4 Å². The monoisotopic (exact) mass is 372 g/mol. The SMILES string of the molecule is Cl[C@]1(Br)c2ccccc2[C@@H](Br)[C@H]2C=CC=C[C@@H]21. The van der Waals surface area contributed by atoms with Crippen LogP contribution in [0, 0.1) is 11.8 Å². The molecule has 0 bridgehead atoms. The first-order chi connectivity index (χ1) is 8.12. The molecule has 0 nitrogen and oxygen atoms in total. The predicted molar refractivity (Wildman–Crippen MR) is 79.8 cm³/mol. The maximum Gasteiger partial charge on any atom is 0.131 e. The summed E-state index contributed by atoms with van der Waals surface area (Å²) in [4.78, 5) is 0.328. The van der Waals surface area contributed by atoms with Crippen LogP contribution in [-0.2, 0) is 3.78 Å². The van der Waals surface area contributed by atoms with Crippen molar-refractivity contribution in [2.24, 2.45) is 11.8 Å². The normalized spacial score (nSPS) is 38.6. The molecular formula is C14H11Br2Cl. The minimum Gasteiger partial charge on any atom is -0.101 e. The quantitative estimate of drug-likeness (QED) is 0.542. The lowest BCUT2D eigenvalue weighted by Gasteiger charge is -2.43. The Hall–Kier alpha value is -0.0500. The average Bonchev–Trinajstić information content (AvgIpc) is 2.37. The Morgan fingerprint density at radius 3 is 2.65 bits per heavy atom. The Labute approximate surface area is 123 Å². The molecule has 1 aromatic rings. The second-order valence-electron chi connectivity index (χ2n) is 4.48. The molecule has 0 unspecified atom stereocenters. The van der Waals surface area contributed by atoms with E-state index >= 15 is 0 Å². The molecule has 0 saturated carbocycles. The number of fused-ring (bicyclic) bond motifs is 2. The molecule has 0 fully saturated rings. The highest BCUT2D eigenvalue weighted by atomic mass is 79.9. The Morgan fingerprint density at radius 2 is 1.82 bits per heavy atom. The van der Waals surface area contributed by atoms with Gasteiger partial charge in [0, 0.05) is 16.7 Å². The van der Waals surface area contributed by atoms with E-state index in [2.05, 4.69) is 74.4 Å². The summed E-state index contributed by atoms with van der Waals surface area (Å²) < 4.78 is -0.500. The second kappa shape index (κ2) is 4.25. The van der Waals surface area contributed by atoms with Gasteiger partial charge in [0.1, 0.15) is 3.78 Å². The van der Waals surface area contributed by atoms with Crippen LogP contribution < -0.4 is 0 Å². The molecule has 17 heavy (non-hydrogen) atoms. The van der Waals surface area contributed by atoms with Gasteiger partial charge in [0.25, 0.3) is 0 Å². The summed E-state index contributed by atoms with van der Waals surface area (Å²) in [5, 5.41) is 0. The Balaban J connectivity index is 2.21. The molecule has 0 saturated heterocycles. The van der Waals surface area contributed by atoms with Crippen LogP contribution >= 0.6 is 43.5 Å². The summed E-state index contributed by atoms with van der Waals surface area (Å²) in [7, 11) is 0. The van der Waals surface area contributed by atoms with Crippen LogP contribution in [-0.4, -0.2) is 0 Å². The van der Waals surface area contributed by atoms with E-state index in [1.807, 2.05) is 6.07 Å². The van der Waals surface area contributed by atoms with E-state index in [0.717, 1.165) is 0 Å². The molecule has 1 aromatic carbocycles. The number of benzene rings is 1. The highest BCUT2D eigenvalue weighted by Gasteiger charge is 2.47. The molecule has 0 amide bonds. The number of hydrogen-bond donors (Lipinski definition) is 0. The van der Waals surface area contributed by atoms with Crippen molar-refractivity contribution < 1.29 is 0 Å². The van der Waals surface area contributed by atoms with E-state index in [1.54, 1.807) is 0 Å². The van der Waals surface area contributed by atoms with Gasteiger partial charge in [0.2, 0.25) is 0 Å². The number of hydrogen-bond acceptors (Lipinski definition) is 0. The molecule has 3 rings (SSSR count). The molecule has 2 aliphatic rings. The molecule has 4 atom stereocenters. The van der Waals surface area contributed by atoms with Crippen LogP contribution in [0.15, 0.2) is 48.6 Å². The van der Waals surface area contributed by atoms with E-state index in [1.165, 1.54) is 11.1 Å². The summed E-state index contributed by atoms with van der Waals surface area (Å²) in [6.45, 7) is 0. The fourth-order valence-corrected chi connectivity index (χ4v) is 4.81. The van der Waals surface area contributed by atoms with Crippen LogP contribution in [0.4, 0.5) is 0 Å². The highest BCUT2D eigenvalue weighted by molar-refractivity contribution is 9.10. The van der Waals surface area contributed by atoms with E-state index in [0.29, 0.717) is 10.7 Å². The number of halogens is 3. The smallest absolute Gasteiger partial charge is 0.101 e. The second-order valence-corrected chi connectivity index (χ2v) is 7.77. The number of allylic oxidation sites excluding steroid dienone is 4. The van der Waals surface area contributed by atoms with Gasteiger partial charge < -0.3 is 0 Å². The lowest BCUT2D eigenvalue weighted by atomic mass is 9.73. The van der Waals surface area contributed by atoms with Gasteiger partial charge in [-0.15, -0.1) is 11.6 Å². The first-order valence-electron chi connectivity index (χ1n) is 5.58. The molecule has 0 N–H and O–H groups in total. The van der Waals surface area contributed by atoms with Crippen LogP contribution in [0.1, 0.15) is 16.0 Å². The zero-order valence-electron chi connectivity index (χ0n) is 8.98. The van der Waals surface area contributed by atoms with Gasteiger partial charge in [0.05, 0.1) is 0 Å². The highest BCUT2D eigenvalue weighted by Crippen LogP contribution is 2.58. The standard InChI is InChI=1S/C14H11Br2Cl/c15-13-9-5-1-3-7-11(9)14(16,17)12-8-4-2-6-10(12)13/h1-9,11,13H/t9-,11-,13-,14-/m0/s1. The van der Waals surface area contributed by atoms with Gasteiger partial charge in [0.15, 0.2) is 0 Å². The topological polar surface area (TPSA) is 0 Å². The predicted octanol–water partition coefficient (Wildman–Crippen LogP) is 5.28. The van der Waals surface area contributed by atoms with Crippen molar-refractivity contribution in [3.05, 3.63) is 59.7 Å². The summed E-state index contributed by atoms with van der Waals surface area (Å²) in [5.74, 6) is 0.667. The Kier molecular flexibility index (Phi) is 3.00. The van der Waals surface area contributed by atoms with Crippen LogP contribution in [0.25, 0.3) is 0 Å². The molecule has 0 heterocycles. The lowest BCUT2D eigenvalue weighted by Crippen LogP contribution is -2.36. The van der Waals surface area contributed by atoms with Crippen molar-refractivity contribution in [3.8, 4) is 0 Å². The molecule has 88 valence electrons. The molecule has 0 aromatic heterocycles. The van der Waals surface area contributed by atoms with Crippen molar-refractivity contribution in [3.63, 3.8) is 0 Å². The molecule has 0 spiro atoms. The zero-order chi connectivity index (χ0) is 12.0. The number of alkyl halides is 3. The van der Waals surface area contributed by atoms with E-state index in [-0.39, 0.29) is 5.92 Å². The third kappa shape index (κ3) is 1.76. The first-order valence-corrected chi connectivity index (χ1v) is 7.67. The molecular weight excluding hydrogens is 363 g/mol. The van der Waals surface area contributed by atoms with Gasteiger partial charge in [-0.2, -0.15) is 0 Å². The number of rotatable bonds is 0. The van der Waals surface area contributed by atoms with Crippen molar-refractivity contribution in [1.82, 2.24) is 0 Å². The third-order valence-corrected chi connectivity index (χ3v) is 6.07. The van der Waals surface area contributed by atoms with Crippen molar-refractivity contribution in [1.29, 1.82) is 0 Å². The van der Waals surface area contributed by atoms with Crippen molar-refractivity contribution in [2.75, 3.05) is 0 Å². The fraction of sp³-hybridized carbons (Fsp3) is 0.286. The molecule has 0 aliphatic heterocycles. The molecule has 0 radical (unpaired) electrons. The fourth-order valence-electron chi connectivity index (χ4n) is 2.69. The molecule has 2 aliphatic carbocycles. The summed E-state index contributed by atoms with van der Waals surface area (Å²) >= 11 is 14.3.